The second-order valence-electron chi connectivity index (χ2n) is 5.94. The summed E-state index contributed by atoms with van der Waals surface area (Å²) in [6.07, 6.45) is 0. The predicted molar refractivity (Wildman–Crippen MR) is 108 cm³/mol. The van der Waals surface area contributed by atoms with Crippen molar-refractivity contribution in [1.29, 1.82) is 0 Å². The molecule has 0 bridgehead atoms. The van der Waals surface area contributed by atoms with Crippen molar-refractivity contribution in [3.8, 4) is 33.3 Å². The number of aromatic nitrogens is 1. The Morgan fingerprint density at radius 3 is 2.52 bits per heavy atom. The molecule has 0 saturated carbocycles. The third-order valence-corrected chi connectivity index (χ3v) is 4.90. The molecule has 1 amide bonds. The molecule has 1 aromatic heterocycles. The number of thiazole rings is 1. The Morgan fingerprint density at radius 1 is 1.11 bits per heavy atom. The molecular weight excluding hydrogens is 360 g/mol. The zero-order valence-corrected chi connectivity index (χ0v) is 16.4. The first-order chi connectivity index (χ1) is 13.1. The molecule has 27 heavy (non-hydrogen) atoms. The molecule has 0 aliphatic carbocycles. The summed E-state index contributed by atoms with van der Waals surface area (Å²) in [5.74, 6) is 1.40. The van der Waals surface area contributed by atoms with Crippen molar-refractivity contribution in [3.63, 3.8) is 0 Å². The highest BCUT2D eigenvalue weighted by atomic mass is 32.1. The number of hydrogen-bond acceptors (Lipinski definition) is 5. The Bertz CT molecular complexity index is 919. The maximum atomic E-state index is 11.0. The van der Waals surface area contributed by atoms with Gasteiger partial charge in [-0.25, -0.2) is 4.98 Å². The van der Waals surface area contributed by atoms with Gasteiger partial charge in [-0.15, -0.1) is 11.3 Å². The summed E-state index contributed by atoms with van der Waals surface area (Å²) in [6, 6.07) is 13.9. The summed E-state index contributed by atoms with van der Waals surface area (Å²) < 4.78 is 11.0. The minimum absolute atomic E-state index is 0.0333. The number of nitrogens with zero attached hydrogens (tertiary/aromatic N) is 1. The van der Waals surface area contributed by atoms with Crippen LogP contribution in [0.4, 0.5) is 0 Å². The molecule has 0 saturated heterocycles. The molecule has 2 aromatic carbocycles. The van der Waals surface area contributed by atoms with Crippen LogP contribution in [0.3, 0.4) is 0 Å². The predicted octanol–water partition coefficient (Wildman–Crippen LogP) is 4.52. The molecule has 140 valence electrons. The molecule has 3 rings (SSSR count). The number of ether oxygens (including phenoxy) is 2. The number of rotatable bonds is 7. The van der Waals surface area contributed by atoms with Gasteiger partial charge in [0.2, 0.25) is 5.91 Å². The van der Waals surface area contributed by atoms with Crippen molar-refractivity contribution in [2.45, 2.75) is 20.4 Å². The molecule has 0 aliphatic heterocycles. The summed E-state index contributed by atoms with van der Waals surface area (Å²) >= 11 is 1.59. The van der Waals surface area contributed by atoms with E-state index in [0.29, 0.717) is 18.9 Å². The first-order valence-electron chi connectivity index (χ1n) is 8.71. The Hall–Kier alpha value is -2.86. The van der Waals surface area contributed by atoms with Gasteiger partial charge in [-0.3, -0.25) is 4.79 Å². The standard InChI is InChI=1S/C21H22N2O3S/c1-4-26-19-10-9-17(11-20(19)25-3)21-23-18(13-27-21)16-7-5-15(6-8-16)12-22-14(2)24/h5-11,13H,4,12H2,1-3H3,(H,22,24). The first kappa shape index (κ1) is 18.9. The number of carbonyl (C=O) groups excluding carboxylic acids is 1. The van der Waals surface area contributed by atoms with Crippen LogP contribution in [0.2, 0.25) is 0 Å². The van der Waals surface area contributed by atoms with E-state index >= 15 is 0 Å². The molecule has 1 heterocycles. The van der Waals surface area contributed by atoms with Crippen LogP contribution in [0.1, 0.15) is 19.4 Å². The van der Waals surface area contributed by atoms with Gasteiger partial charge >= 0.3 is 0 Å². The summed E-state index contributed by atoms with van der Waals surface area (Å²) in [7, 11) is 1.64. The van der Waals surface area contributed by atoms with Crippen LogP contribution in [0.15, 0.2) is 47.8 Å². The summed E-state index contributed by atoms with van der Waals surface area (Å²) in [5, 5.41) is 5.76. The first-order valence-corrected chi connectivity index (χ1v) is 9.59. The SMILES string of the molecule is CCOc1ccc(-c2nc(-c3ccc(CNC(C)=O)cc3)cs2)cc1OC. The van der Waals surface area contributed by atoms with Crippen LogP contribution >= 0.6 is 11.3 Å². The molecule has 0 aliphatic rings. The Balaban J connectivity index is 1.79. The maximum absolute atomic E-state index is 11.0. The summed E-state index contributed by atoms with van der Waals surface area (Å²) in [6.45, 7) is 4.59. The average Bonchev–Trinajstić information content (AvgIpc) is 3.17. The van der Waals surface area contributed by atoms with E-state index in [4.69, 9.17) is 14.5 Å². The lowest BCUT2D eigenvalue weighted by Gasteiger charge is -2.09. The van der Waals surface area contributed by atoms with Crippen molar-refractivity contribution in [2.24, 2.45) is 0 Å². The van der Waals surface area contributed by atoms with Crippen molar-refractivity contribution in [1.82, 2.24) is 10.3 Å². The smallest absolute Gasteiger partial charge is 0.217 e. The van der Waals surface area contributed by atoms with Gasteiger partial charge in [0.15, 0.2) is 11.5 Å². The Labute approximate surface area is 163 Å². The van der Waals surface area contributed by atoms with E-state index in [-0.39, 0.29) is 5.91 Å². The highest BCUT2D eigenvalue weighted by molar-refractivity contribution is 7.13. The molecule has 5 nitrogen and oxygen atoms in total. The molecule has 0 radical (unpaired) electrons. The molecule has 6 heteroatoms. The topological polar surface area (TPSA) is 60.5 Å². The quantitative estimate of drug-likeness (QED) is 0.653. The monoisotopic (exact) mass is 382 g/mol. The van der Waals surface area contributed by atoms with Gasteiger partial charge in [-0.2, -0.15) is 0 Å². The fraction of sp³-hybridized carbons (Fsp3) is 0.238. The fourth-order valence-electron chi connectivity index (χ4n) is 2.63. The van der Waals surface area contributed by atoms with Gasteiger partial charge in [-0.05, 0) is 30.7 Å². The number of benzene rings is 2. The average molecular weight is 382 g/mol. The number of methoxy groups -OCH3 is 1. The highest BCUT2D eigenvalue weighted by Crippen LogP contribution is 2.35. The Kier molecular flexibility index (Phi) is 6.08. The van der Waals surface area contributed by atoms with E-state index in [2.05, 4.69) is 5.32 Å². The van der Waals surface area contributed by atoms with E-state index < -0.39 is 0 Å². The van der Waals surface area contributed by atoms with Crippen LogP contribution in [0.5, 0.6) is 11.5 Å². The molecule has 1 N–H and O–H groups in total. The van der Waals surface area contributed by atoms with Crippen LogP contribution in [0, 0.1) is 0 Å². The summed E-state index contributed by atoms with van der Waals surface area (Å²) in [5.41, 5.74) is 4.02. The Morgan fingerprint density at radius 2 is 1.85 bits per heavy atom. The molecule has 0 spiro atoms. The van der Waals surface area contributed by atoms with E-state index in [1.54, 1.807) is 18.4 Å². The lowest BCUT2D eigenvalue weighted by atomic mass is 10.1. The summed E-state index contributed by atoms with van der Waals surface area (Å²) in [4.78, 5) is 15.8. The second-order valence-corrected chi connectivity index (χ2v) is 6.80. The lowest BCUT2D eigenvalue weighted by molar-refractivity contribution is -0.119. The highest BCUT2D eigenvalue weighted by Gasteiger charge is 2.11. The normalized spacial score (nSPS) is 10.5. The molecular formula is C21H22N2O3S. The van der Waals surface area contributed by atoms with E-state index in [9.17, 15) is 4.79 Å². The van der Waals surface area contributed by atoms with Crippen molar-refractivity contribution in [2.75, 3.05) is 13.7 Å². The van der Waals surface area contributed by atoms with Gasteiger partial charge in [-0.1, -0.05) is 24.3 Å². The van der Waals surface area contributed by atoms with E-state index in [1.807, 2.05) is 54.8 Å². The number of carbonyl (C=O) groups is 1. The van der Waals surface area contributed by atoms with Gasteiger partial charge in [0, 0.05) is 30.0 Å². The van der Waals surface area contributed by atoms with Crippen LogP contribution in [0.25, 0.3) is 21.8 Å². The number of nitrogens with one attached hydrogen (secondary N) is 1. The largest absolute Gasteiger partial charge is 0.493 e. The third-order valence-electron chi connectivity index (χ3n) is 4.01. The molecule has 0 atom stereocenters. The minimum Gasteiger partial charge on any atom is -0.493 e. The van der Waals surface area contributed by atoms with Gasteiger partial charge in [0.25, 0.3) is 0 Å². The maximum Gasteiger partial charge on any atom is 0.217 e. The minimum atomic E-state index is -0.0333. The zero-order chi connectivity index (χ0) is 19.2. The second kappa shape index (κ2) is 8.68. The van der Waals surface area contributed by atoms with E-state index in [0.717, 1.165) is 33.1 Å². The number of amides is 1. The van der Waals surface area contributed by atoms with Gasteiger partial charge in [0.1, 0.15) is 5.01 Å². The molecule has 0 fully saturated rings. The van der Waals surface area contributed by atoms with Crippen LogP contribution < -0.4 is 14.8 Å². The lowest BCUT2D eigenvalue weighted by Crippen LogP contribution is -2.18. The van der Waals surface area contributed by atoms with Crippen molar-refractivity contribution in [3.05, 3.63) is 53.4 Å². The van der Waals surface area contributed by atoms with Crippen molar-refractivity contribution < 1.29 is 14.3 Å². The molecule has 3 aromatic rings. The molecule has 0 unspecified atom stereocenters. The van der Waals surface area contributed by atoms with Crippen molar-refractivity contribution >= 4 is 17.2 Å². The fourth-order valence-corrected chi connectivity index (χ4v) is 3.46. The van der Waals surface area contributed by atoms with Gasteiger partial charge < -0.3 is 14.8 Å². The van der Waals surface area contributed by atoms with Crippen LogP contribution in [-0.2, 0) is 11.3 Å². The number of hydrogen-bond donors (Lipinski definition) is 1. The van der Waals surface area contributed by atoms with Crippen LogP contribution in [-0.4, -0.2) is 24.6 Å². The van der Waals surface area contributed by atoms with Gasteiger partial charge in [0.05, 0.1) is 19.4 Å². The van der Waals surface area contributed by atoms with E-state index in [1.165, 1.54) is 6.92 Å². The third kappa shape index (κ3) is 4.65. The zero-order valence-electron chi connectivity index (χ0n) is 15.6.